The molecular weight excluding hydrogens is 380 g/mol. The van der Waals surface area contributed by atoms with Crippen molar-refractivity contribution in [2.24, 2.45) is 0 Å². The zero-order valence-electron chi connectivity index (χ0n) is 14.9. The summed E-state index contributed by atoms with van der Waals surface area (Å²) in [6.07, 6.45) is 0.776. The standard InChI is InChI=1S/C20H25BrN2O2/c1-4-25-19-10-9-14(2)13-17(19)15(3)23-20(24)22-12-11-16-7-5-6-8-18(16)21/h5-10,13,15H,4,11-12H2,1-3H3,(H2,22,23,24). The van der Waals surface area contributed by atoms with E-state index in [0.717, 1.165) is 27.8 Å². The molecule has 2 N–H and O–H groups in total. The number of aryl methyl sites for hydroxylation is 1. The van der Waals surface area contributed by atoms with Crippen LogP contribution in [-0.4, -0.2) is 19.2 Å². The molecule has 1 unspecified atom stereocenters. The van der Waals surface area contributed by atoms with Crippen LogP contribution in [0.25, 0.3) is 0 Å². The van der Waals surface area contributed by atoms with Crippen LogP contribution in [0.2, 0.25) is 0 Å². The molecule has 134 valence electrons. The van der Waals surface area contributed by atoms with E-state index < -0.39 is 0 Å². The monoisotopic (exact) mass is 404 g/mol. The fourth-order valence-corrected chi connectivity index (χ4v) is 3.11. The van der Waals surface area contributed by atoms with Crippen LogP contribution in [0, 0.1) is 6.92 Å². The van der Waals surface area contributed by atoms with Crippen molar-refractivity contribution in [3.05, 3.63) is 63.6 Å². The first-order valence-corrected chi connectivity index (χ1v) is 9.31. The molecule has 0 saturated carbocycles. The normalized spacial score (nSPS) is 11.7. The van der Waals surface area contributed by atoms with Crippen molar-refractivity contribution in [2.75, 3.05) is 13.2 Å². The summed E-state index contributed by atoms with van der Waals surface area (Å²) in [5.74, 6) is 0.814. The smallest absolute Gasteiger partial charge is 0.315 e. The minimum atomic E-state index is -0.177. The molecule has 0 aromatic heterocycles. The number of benzene rings is 2. The molecule has 5 heteroatoms. The fourth-order valence-electron chi connectivity index (χ4n) is 2.63. The minimum Gasteiger partial charge on any atom is -0.494 e. The Bertz CT molecular complexity index is 719. The van der Waals surface area contributed by atoms with Gasteiger partial charge in [0, 0.05) is 16.6 Å². The number of urea groups is 1. The highest BCUT2D eigenvalue weighted by atomic mass is 79.9. The number of halogens is 1. The van der Waals surface area contributed by atoms with Gasteiger partial charge in [-0.25, -0.2) is 4.79 Å². The van der Waals surface area contributed by atoms with Gasteiger partial charge < -0.3 is 15.4 Å². The van der Waals surface area contributed by atoms with Gasteiger partial charge in [-0.05, 0) is 44.9 Å². The van der Waals surface area contributed by atoms with Crippen molar-refractivity contribution in [1.82, 2.24) is 10.6 Å². The number of carbonyl (C=O) groups excluding carboxylic acids is 1. The van der Waals surface area contributed by atoms with Crippen molar-refractivity contribution in [3.8, 4) is 5.75 Å². The number of ether oxygens (including phenoxy) is 1. The largest absolute Gasteiger partial charge is 0.494 e. The number of rotatable bonds is 7. The molecule has 0 saturated heterocycles. The van der Waals surface area contributed by atoms with Crippen LogP contribution in [0.15, 0.2) is 46.9 Å². The SMILES string of the molecule is CCOc1ccc(C)cc1C(C)NC(=O)NCCc1ccccc1Br. The molecule has 25 heavy (non-hydrogen) atoms. The van der Waals surface area contributed by atoms with E-state index in [4.69, 9.17) is 4.74 Å². The van der Waals surface area contributed by atoms with Crippen LogP contribution in [0.4, 0.5) is 4.79 Å². The lowest BCUT2D eigenvalue weighted by atomic mass is 10.0. The predicted molar refractivity (Wildman–Crippen MR) is 105 cm³/mol. The zero-order valence-corrected chi connectivity index (χ0v) is 16.5. The highest BCUT2D eigenvalue weighted by molar-refractivity contribution is 9.10. The Balaban J connectivity index is 1.90. The molecule has 0 radical (unpaired) electrons. The Morgan fingerprint density at radius 2 is 2.00 bits per heavy atom. The molecule has 0 aliphatic carbocycles. The Hall–Kier alpha value is -2.01. The summed E-state index contributed by atoms with van der Waals surface area (Å²) < 4.78 is 6.73. The van der Waals surface area contributed by atoms with Gasteiger partial charge in [0.2, 0.25) is 0 Å². The molecule has 1 atom stereocenters. The molecule has 2 rings (SSSR count). The topological polar surface area (TPSA) is 50.4 Å². The predicted octanol–water partition coefficient (Wildman–Crippen LogP) is 4.76. The molecular formula is C20H25BrN2O2. The van der Waals surface area contributed by atoms with E-state index >= 15 is 0 Å². The van der Waals surface area contributed by atoms with Crippen LogP contribution < -0.4 is 15.4 Å². The number of hydrogen-bond acceptors (Lipinski definition) is 2. The third-order valence-corrected chi connectivity index (χ3v) is 4.69. The van der Waals surface area contributed by atoms with Gasteiger partial charge in [0.15, 0.2) is 0 Å². The molecule has 0 heterocycles. The maximum Gasteiger partial charge on any atom is 0.315 e. The van der Waals surface area contributed by atoms with Crippen LogP contribution in [0.1, 0.15) is 36.6 Å². The number of nitrogens with one attached hydrogen (secondary N) is 2. The van der Waals surface area contributed by atoms with Gasteiger partial charge in [0.1, 0.15) is 5.75 Å². The van der Waals surface area contributed by atoms with Gasteiger partial charge >= 0.3 is 6.03 Å². The Morgan fingerprint density at radius 3 is 2.72 bits per heavy atom. The lowest BCUT2D eigenvalue weighted by Crippen LogP contribution is -2.38. The summed E-state index contributed by atoms with van der Waals surface area (Å²) in [7, 11) is 0. The minimum absolute atomic E-state index is 0.134. The maximum atomic E-state index is 12.2. The van der Waals surface area contributed by atoms with Gasteiger partial charge in [-0.2, -0.15) is 0 Å². The zero-order chi connectivity index (χ0) is 18.2. The van der Waals surface area contributed by atoms with E-state index in [-0.39, 0.29) is 12.1 Å². The lowest BCUT2D eigenvalue weighted by Gasteiger charge is -2.19. The summed E-state index contributed by atoms with van der Waals surface area (Å²) in [4.78, 5) is 12.2. The summed E-state index contributed by atoms with van der Waals surface area (Å²) in [6, 6.07) is 13.7. The van der Waals surface area contributed by atoms with E-state index in [9.17, 15) is 4.79 Å². The molecule has 2 aromatic carbocycles. The van der Waals surface area contributed by atoms with Crippen LogP contribution in [-0.2, 0) is 6.42 Å². The first-order valence-electron chi connectivity index (χ1n) is 8.52. The van der Waals surface area contributed by atoms with E-state index in [0.29, 0.717) is 13.2 Å². The van der Waals surface area contributed by atoms with Crippen molar-refractivity contribution >= 4 is 22.0 Å². The molecule has 2 aromatic rings. The summed E-state index contributed by atoms with van der Waals surface area (Å²) in [5, 5.41) is 5.89. The van der Waals surface area contributed by atoms with Gasteiger partial charge in [-0.15, -0.1) is 0 Å². The van der Waals surface area contributed by atoms with E-state index in [1.54, 1.807) is 0 Å². The van der Waals surface area contributed by atoms with Crippen molar-refractivity contribution in [1.29, 1.82) is 0 Å². The molecule has 0 aliphatic heterocycles. The van der Waals surface area contributed by atoms with E-state index in [2.05, 4.69) is 32.6 Å². The highest BCUT2D eigenvalue weighted by Crippen LogP contribution is 2.26. The lowest BCUT2D eigenvalue weighted by molar-refractivity contribution is 0.237. The number of carbonyl (C=O) groups is 1. The molecule has 0 bridgehead atoms. The highest BCUT2D eigenvalue weighted by Gasteiger charge is 2.14. The third-order valence-electron chi connectivity index (χ3n) is 3.92. The molecule has 4 nitrogen and oxygen atoms in total. The second-order valence-electron chi connectivity index (χ2n) is 5.94. The maximum absolute atomic E-state index is 12.2. The van der Waals surface area contributed by atoms with Crippen molar-refractivity contribution < 1.29 is 9.53 Å². The van der Waals surface area contributed by atoms with Crippen LogP contribution >= 0.6 is 15.9 Å². The molecule has 0 spiro atoms. The third kappa shape index (κ3) is 5.78. The molecule has 0 fully saturated rings. The molecule has 0 aliphatic rings. The summed E-state index contributed by atoms with van der Waals surface area (Å²) in [5.41, 5.74) is 3.30. The van der Waals surface area contributed by atoms with Gasteiger partial charge in [0.05, 0.1) is 12.6 Å². The van der Waals surface area contributed by atoms with E-state index in [1.165, 1.54) is 5.56 Å². The summed E-state index contributed by atoms with van der Waals surface area (Å²) >= 11 is 3.52. The molecule has 2 amide bonds. The van der Waals surface area contributed by atoms with Crippen molar-refractivity contribution in [2.45, 2.75) is 33.2 Å². The van der Waals surface area contributed by atoms with Crippen LogP contribution in [0.3, 0.4) is 0 Å². The van der Waals surface area contributed by atoms with Gasteiger partial charge in [0.25, 0.3) is 0 Å². The van der Waals surface area contributed by atoms with Gasteiger partial charge in [-0.3, -0.25) is 0 Å². The second kappa shape index (κ2) is 9.47. The summed E-state index contributed by atoms with van der Waals surface area (Å²) in [6.45, 7) is 7.12. The number of amides is 2. The van der Waals surface area contributed by atoms with Crippen molar-refractivity contribution in [3.63, 3.8) is 0 Å². The average Bonchev–Trinajstić information content (AvgIpc) is 2.58. The average molecular weight is 405 g/mol. The number of hydrogen-bond donors (Lipinski definition) is 2. The Labute approximate surface area is 158 Å². The Morgan fingerprint density at radius 1 is 1.24 bits per heavy atom. The Kier molecular flexibility index (Phi) is 7.31. The second-order valence-corrected chi connectivity index (χ2v) is 6.79. The quantitative estimate of drug-likeness (QED) is 0.698. The first-order chi connectivity index (χ1) is 12.0. The van der Waals surface area contributed by atoms with Crippen LogP contribution in [0.5, 0.6) is 5.75 Å². The van der Waals surface area contributed by atoms with Gasteiger partial charge in [-0.1, -0.05) is 51.8 Å². The fraction of sp³-hybridized carbons (Fsp3) is 0.350. The van der Waals surface area contributed by atoms with E-state index in [1.807, 2.05) is 57.2 Å². The first kappa shape index (κ1) is 19.3.